The molecule has 0 aliphatic carbocycles. The van der Waals surface area contributed by atoms with Crippen molar-refractivity contribution in [2.75, 3.05) is 26.2 Å². The van der Waals surface area contributed by atoms with Gasteiger partial charge < -0.3 is 4.90 Å². The number of hydrogen-bond acceptors (Lipinski definition) is 5. The number of thiazole rings is 1. The van der Waals surface area contributed by atoms with Gasteiger partial charge in [-0.2, -0.15) is 0 Å². The molecule has 0 aromatic carbocycles. The first-order valence-electron chi connectivity index (χ1n) is 8.06. The number of aryl methyl sites for hydroxylation is 2. The number of carbonyl (C=O) groups excluding carboxylic acids is 1. The van der Waals surface area contributed by atoms with E-state index in [2.05, 4.69) is 34.3 Å². The Bertz CT molecular complexity index is 664. The number of amides is 1. The molecule has 6 heteroatoms. The van der Waals surface area contributed by atoms with E-state index in [1.165, 1.54) is 9.75 Å². The van der Waals surface area contributed by atoms with Crippen LogP contribution in [0, 0.1) is 13.8 Å². The molecule has 3 rings (SSSR count). The molecule has 1 aliphatic heterocycles. The lowest BCUT2D eigenvalue weighted by Crippen LogP contribution is -2.35. The third kappa shape index (κ3) is 4.62. The number of hydrogen-bond donors (Lipinski definition) is 0. The Hall–Kier alpha value is -1.24. The lowest BCUT2D eigenvalue weighted by atomic mass is 10.3. The van der Waals surface area contributed by atoms with E-state index in [-0.39, 0.29) is 5.91 Å². The molecule has 0 atom stereocenters. The molecule has 0 saturated carbocycles. The van der Waals surface area contributed by atoms with Crippen molar-refractivity contribution in [1.82, 2.24) is 14.8 Å². The highest BCUT2D eigenvalue weighted by atomic mass is 32.1. The van der Waals surface area contributed by atoms with E-state index < -0.39 is 0 Å². The van der Waals surface area contributed by atoms with Crippen LogP contribution in [0.25, 0.3) is 0 Å². The Morgan fingerprint density at radius 1 is 1.22 bits per heavy atom. The van der Waals surface area contributed by atoms with E-state index in [0.29, 0.717) is 6.42 Å². The highest BCUT2D eigenvalue weighted by Gasteiger charge is 2.20. The maximum Gasteiger partial charge on any atom is 0.227 e. The Labute approximate surface area is 145 Å². The fourth-order valence-corrected chi connectivity index (χ4v) is 4.41. The SMILES string of the molecule is Cc1ccc(CC(=O)N2CCCN(Cc3csc(C)n3)CC2)s1. The van der Waals surface area contributed by atoms with E-state index in [4.69, 9.17) is 0 Å². The standard InChI is InChI=1S/C17H23N3OS2/c1-13-4-5-16(23-13)10-17(21)20-7-3-6-19(8-9-20)11-15-12-22-14(2)18-15/h4-5,12H,3,6-11H2,1-2H3. The number of carbonyl (C=O) groups is 1. The summed E-state index contributed by atoms with van der Waals surface area (Å²) in [5, 5.41) is 3.26. The molecular weight excluding hydrogens is 326 g/mol. The van der Waals surface area contributed by atoms with Gasteiger partial charge in [0.1, 0.15) is 0 Å². The summed E-state index contributed by atoms with van der Waals surface area (Å²) in [7, 11) is 0. The molecule has 2 aromatic heterocycles. The first-order valence-corrected chi connectivity index (χ1v) is 9.76. The molecular formula is C17H23N3OS2. The van der Waals surface area contributed by atoms with Crippen LogP contribution in [-0.4, -0.2) is 46.9 Å². The van der Waals surface area contributed by atoms with Gasteiger partial charge in [-0.25, -0.2) is 4.98 Å². The minimum absolute atomic E-state index is 0.262. The van der Waals surface area contributed by atoms with Crippen LogP contribution in [0.3, 0.4) is 0 Å². The summed E-state index contributed by atoms with van der Waals surface area (Å²) < 4.78 is 0. The molecule has 23 heavy (non-hydrogen) atoms. The number of rotatable bonds is 4. The number of thiophene rings is 1. The van der Waals surface area contributed by atoms with Gasteiger partial charge in [0.25, 0.3) is 0 Å². The summed E-state index contributed by atoms with van der Waals surface area (Å²) in [4.78, 5) is 23.9. The van der Waals surface area contributed by atoms with Crippen LogP contribution >= 0.6 is 22.7 Å². The van der Waals surface area contributed by atoms with Crippen molar-refractivity contribution in [3.8, 4) is 0 Å². The second-order valence-corrected chi connectivity index (χ2v) is 8.49. The monoisotopic (exact) mass is 349 g/mol. The smallest absolute Gasteiger partial charge is 0.227 e. The van der Waals surface area contributed by atoms with Gasteiger partial charge in [-0.05, 0) is 32.4 Å². The molecule has 1 saturated heterocycles. The quantitative estimate of drug-likeness (QED) is 0.851. The summed E-state index contributed by atoms with van der Waals surface area (Å²) in [6.07, 6.45) is 1.59. The van der Waals surface area contributed by atoms with Crippen molar-refractivity contribution in [2.45, 2.75) is 33.2 Å². The van der Waals surface area contributed by atoms with Gasteiger partial charge in [0.05, 0.1) is 17.1 Å². The van der Waals surface area contributed by atoms with E-state index in [0.717, 1.165) is 49.8 Å². The Kier molecular flexibility index (Phi) is 5.46. The molecule has 3 heterocycles. The van der Waals surface area contributed by atoms with Crippen LogP contribution in [-0.2, 0) is 17.8 Å². The molecule has 1 amide bonds. The minimum atomic E-state index is 0.262. The molecule has 0 radical (unpaired) electrons. The Balaban J connectivity index is 1.52. The number of nitrogens with zero attached hydrogens (tertiary/aromatic N) is 3. The predicted molar refractivity (Wildman–Crippen MR) is 96.1 cm³/mol. The summed E-state index contributed by atoms with van der Waals surface area (Å²) in [6, 6.07) is 4.17. The van der Waals surface area contributed by atoms with Gasteiger partial charge in [-0.3, -0.25) is 9.69 Å². The van der Waals surface area contributed by atoms with Crippen LogP contribution in [0.1, 0.15) is 26.9 Å². The minimum Gasteiger partial charge on any atom is -0.341 e. The van der Waals surface area contributed by atoms with Crippen molar-refractivity contribution in [2.24, 2.45) is 0 Å². The van der Waals surface area contributed by atoms with E-state index in [1.807, 2.05) is 11.8 Å². The van der Waals surface area contributed by atoms with E-state index in [1.54, 1.807) is 22.7 Å². The van der Waals surface area contributed by atoms with E-state index >= 15 is 0 Å². The highest BCUT2D eigenvalue weighted by Crippen LogP contribution is 2.17. The van der Waals surface area contributed by atoms with Crippen LogP contribution in [0.2, 0.25) is 0 Å². The third-order valence-corrected chi connectivity index (χ3v) is 5.94. The maximum absolute atomic E-state index is 12.5. The molecule has 1 aliphatic rings. The van der Waals surface area contributed by atoms with Gasteiger partial charge in [0, 0.05) is 47.9 Å². The lowest BCUT2D eigenvalue weighted by Gasteiger charge is -2.21. The molecule has 0 spiro atoms. The molecule has 0 unspecified atom stereocenters. The Morgan fingerprint density at radius 3 is 2.78 bits per heavy atom. The fraction of sp³-hybridized carbons (Fsp3) is 0.529. The lowest BCUT2D eigenvalue weighted by molar-refractivity contribution is -0.130. The Morgan fingerprint density at radius 2 is 2.09 bits per heavy atom. The van der Waals surface area contributed by atoms with E-state index in [9.17, 15) is 4.79 Å². The normalized spacial score (nSPS) is 16.5. The van der Waals surface area contributed by atoms with Gasteiger partial charge in [0.15, 0.2) is 0 Å². The molecule has 4 nitrogen and oxygen atoms in total. The first kappa shape index (κ1) is 16.6. The van der Waals surface area contributed by atoms with Crippen LogP contribution in [0.15, 0.2) is 17.5 Å². The number of aromatic nitrogens is 1. The van der Waals surface area contributed by atoms with Crippen molar-refractivity contribution in [1.29, 1.82) is 0 Å². The summed E-state index contributed by atoms with van der Waals surface area (Å²) >= 11 is 3.43. The molecule has 1 fully saturated rings. The van der Waals surface area contributed by atoms with Crippen molar-refractivity contribution in [3.05, 3.63) is 38.0 Å². The second kappa shape index (κ2) is 7.55. The first-order chi connectivity index (χ1) is 11.1. The van der Waals surface area contributed by atoms with Crippen molar-refractivity contribution < 1.29 is 4.79 Å². The largest absolute Gasteiger partial charge is 0.341 e. The predicted octanol–water partition coefficient (Wildman–Crippen LogP) is 3.10. The summed E-state index contributed by atoms with van der Waals surface area (Å²) in [5.74, 6) is 0.262. The van der Waals surface area contributed by atoms with Gasteiger partial charge in [-0.15, -0.1) is 22.7 Å². The summed E-state index contributed by atoms with van der Waals surface area (Å²) in [6.45, 7) is 8.70. The maximum atomic E-state index is 12.5. The van der Waals surface area contributed by atoms with Gasteiger partial charge in [-0.1, -0.05) is 0 Å². The topological polar surface area (TPSA) is 36.4 Å². The highest BCUT2D eigenvalue weighted by molar-refractivity contribution is 7.12. The van der Waals surface area contributed by atoms with Crippen LogP contribution in [0.5, 0.6) is 0 Å². The molecule has 2 aromatic rings. The van der Waals surface area contributed by atoms with Gasteiger partial charge in [0.2, 0.25) is 5.91 Å². The molecule has 0 bridgehead atoms. The fourth-order valence-electron chi connectivity index (χ4n) is 2.93. The zero-order chi connectivity index (χ0) is 16.2. The zero-order valence-corrected chi connectivity index (χ0v) is 15.4. The van der Waals surface area contributed by atoms with Crippen LogP contribution in [0.4, 0.5) is 0 Å². The third-order valence-electron chi connectivity index (χ3n) is 4.11. The average Bonchev–Trinajstić information content (AvgIpc) is 3.02. The van der Waals surface area contributed by atoms with Gasteiger partial charge >= 0.3 is 0 Å². The van der Waals surface area contributed by atoms with Crippen molar-refractivity contribution in [3.63, 3.8) is 0 Å². The average molecular weight is 350 g/mol. The van der Waals surface area contributed by atoms with Crippen molar-refractivity contribution >= 4 is 28.6 Å². The zero-order valence-electron chi connectivity index (χ0n) is 13.7. The second-order valence-electron chi connectivity index (χ2n) is 6.06. The molecule has 0 N–H and O–H groups in total. The van der Waals surface area contributed by atoms with Crippen LogP contribution < -0.4 is 0 Å². The summed E-state index contributed by atoms with van der Waals surface area (Å²) in [5.41, 5.74) is 1.15. The molecule has 124 valence electrons.